The molecule has 0 saturated heterocycles. The molecule has 2 heteroatoms. The van der Waals surface area contributed by atoms with Gasteiger partial charge in [0.05, 0.1) is 12.6 Å². The molecule has 1 aliphatic carbocycles. The smallest absolute Gasteiger partial charge is 0.119 e. The van der Waals surface area contributed by atoms with Crippen molar-refractivity contribution in [3.05, 3.63) is 29.8 Å². The van der Waals surface area contributed by atoms with Gasteiger partial charge in [-0.05, 0) is 56.9 Å². The van der Waals surface area contributed by atoms with Crippen molar-refractivity contribution in [2.75, 3.05) is 6.61 Å². The van der Waals surface area contributed by atoms with Crippen LogP contribution < -0.4 is 10.1 Å². The summed E-state index contributed by atoms with van der Waals surface area (Å²) in [4.78, 5) is 0. The second kappa shape index (κ2) is 5.90. The van der Waals surface area contributed by atoms with Crippen molar-refractivity contribution in [2.24, 2.45) is 0 Å². The minimum absolute atomic E-state index is 0.744. The zero-order chi connectivity index (χ0) is 11.2. The van der Waals surface area contributed by atoms with E-state index >= 15 is 0 Å². The van der Waals surface area contributed by atoms with Gasteiger partial charge in [-0.15, -0.1) is 0 Å². The molecule has 0 heterocycles. The molecule has 2 rings (SSSR count). The maximum absolute atomic E-state index is 5.43. The quantitative estimate of drug-likeness (QED) is 0.808. The van der Waals surface area contributed by atoms with Crippen molar-refractivity contribution < 1.29 is 10.1 Å². The molecule has 0 spiro atoms. The maximum atomic E-state index is 5.43. The van der Waals surface area contributed by atoms with E-state index in [1.165, 1.54) is 31.2 Å². The normalized spacial score (nSPS) is 16.6. The van der Waals surface area contributed by atoms with Gasteiger partial charge in [-0.25, -0.2) is 0 Å². The van der Waals surface area contributed by atoms with Crippen molar-refractivity contribution in [1.82, 2.24) is 0 Å². The summed E-state index contributed by atoms with van der Waals surface area (Å²) in [7, 11) is 0. The lowest BCUT2D eigenvalue weighted by molar-refractivity contribution is -0.703. The van der Waals surface area contributed by atoms with Crippen LogP contribution in [0.5, 0.6) is 5.75 Å². The summed E-state index contributed by atoms with van der Waals surface area (Å²) in [5.41, 5.74) is 1.40. The van der Waals surface area contributed by atoms with E-state index < -0.39 is 0 Å². The standard InChI is InChI=1S/C14H21NO/c1-2-16-14-9-7-12(8-10-14)11-15-13-5-3-4-6-13/h7-10,13,15H,2-6,11H2,1H3/p+1. The van der Waals surface area contributed by atoms with Gasteiger partial charge in [-0.1, -0.05) is 0 Å². The molecule has 0 unspecified atom stereocenters. The van der Waals surface area contributed by atoms with Gasteiger partial charge in [-0.2, -0.15) is 0 Å². The SMILES string of the molecule is CCOc1ccc(C[NH2+]C2CCCC2)cc1. The number of hydrogen-bond donors (Lipinski definition) is 1. The first-order valence-corrected chi connectivity index (χ1v) is 6.43. The molecule has 1 fully saturated rings. The van der Waals surface area contributed by atoms with Gasteiger partial charge in [-0.3, -0.25) is 0 Å². The van der Waals surface area contributed by atoms with E-state index in [9.17, 15) is 0 Å². The molecule has 1 saturated carbocycles. The third-order valence-corrected chi connectivity index (χ3v) is 3.32. The van der Waals surface area contributed by atoms with E-state index in [0.29, 0.717) is 0 Å². The van der Waals surface area contributed by atoms with Crippen LogP contribution in [0.3, 0.4) is 0 Å². The molecular weight excluding hydrogens is 198 g/mol. The predicted octanol–water partition coefficient (Wildman–Crippen LogP) is 2.09. The molecule has 0 bridgehead atoms. The van der Waals surface area contributed by atoms with Crippen LogP contribution in [0.25, 0.3) is 0 Å². The van der Waals surface area contributed by atoms with E-state index in [2.05, 4.69) is 29.6 Å². The Morgan fingerprint density at radius 1 is 1.19 bits per heavy atom. The van der Waals surface area contributed by atoms with E-state index in [1.54, 1.807) is 0 Å². The Hall–Kier alpha value is -1.02. The minimum atomic E-state index is 0.744. The number of quaternary nitrogens is 1. The van der Waals surface area contributed by atoms with Gasteiger partial charge in [0.15, 0.2) is 0 Å². The molecule has 1 aromatic carbocycles. The molecule has 1 aliphatic rings. The monoisotopic (exact) mass is 220 g/mol. The molecule has 0 radical (unpaired) electrons. The van der Waals surface area contributed by atoms with E-state index in [-0.39, 0.29) is 0 Å². The average molecular weight is 220 g/mol. The van der Waals surface area contributed by atoms with Crippen molar-refractivity contribution in [2.45, 2.75) is 45.2 Å². The van der Waals surface area contributed by atoms with Crippen LogP contribution in [0, 0.1) is 0 Å². The van der Waals surface area contributed by atoms with Crippen LogP contribution in [-0.2, 0) is 6.54 Å². The zero-order valence-corrected chi connectivity index (χ0v) is 10.1. The van der Waals surface area contributed by atoms with Gasteiger partial charge in [0.25, 0.3) is 0 Å². The molecule has 2 N–H and O–H groups in total. The number of hydrogen-bond acceptors (Lipinski definition) is 1. The molecule has 0 atom stereocenters. The third-order valence-electron chi connectivity index (χ3n) is 3.32. The molecule has 0 aliphatic heterocycles. The molecule has 0 aromatic heterocycles. The summed E-state index contributed by atoms with van der Waals surface area (Å²) in [6, 6.07) is 9.36. The molecule has 1 aromatic rings. The van der Waals surface area contributed by atoms with Crippen LogP contribution in [0.2, 0.25) is 0 Å². The molecule has 2 nitrogen and oxygen atoms in total. The van der Waals surface area contributed by atoms with Crippen LogP contribution in [0.15, 0.2) is 24.3 Å². The van der Waals surface area contributed by atoms with Crippen molar-refractivity contribution in [3.8, 4) is 5.75 Å². The number of rotatable bonds is 5. The van der Waals surface area contributed by atoms with E-state index in [4.69, 9.17) is 4.74 Å². The average Bonchev–Trinajstić information content (AvgIpc) is 2.82. The van der Waals surface area contributed by atoms with E-state index in [0.717, 1.165) is 24.9 Å². The predicted molar refractivity (Wildman–Crippen MR) is 65.5 cm³/mol. The van der Waals surface area contributed by atoms with Crippen LogP contribution in [0.4, 0.5) is 0 Å². The highest BCUT2D eigenvalue weighted by atomic mass is 16.5. The Bertz CT molecular complexity index is 301. The number of ether oxygens (including phenoxy) is 1. The summed E-state index contributed by atoms with van der Waals surface area (Å²) in [6.45, 7) is 3.87. The summed E-state index contributed by atoms with van der Waals surface area (Å²) in [5.74, 6) is 0.979. The largest absolute Gasteiger partial charge is 0.494 e. The molecule has 16 heavy (non-hydrogen) atoms. The summed E-state index contributed by atoms with van der Waals surface area (Å²) < 4.78 is 5.43. The van der Waals surface area contributed by atoms with Crippen LogP contribution in [0.1, 0.15) is 38.2 Å². The van der Waals surface area contributed by atoms with Gasteiger partial charge >= 0.3 is 0 Å². The Morgan fingerprint density at radius 2 is 1.88 bits per heavy atom. The van der Waals surface area contributed by atoms with E-state index in [1.807, 2.05) is 6.92 Å². The van der Waals surface area contributed by atoms with Crippen LogP contribution >= 0.6 is 0 Å². The molecule has 0 amide bonds. The van der Waals surface area contributed by atoms with Crippen molar-refractivity contribution in [1.29, 1.82) is 0 Å². The lowest BCUT2D eigenvalue weighted by atomic mass is 10.2. The van der Waals surface area contributed by atoms with Crippen molar-refractivity contribution >= 4 is 0 Å². The van der Waals surface area contributed by atoms with Crippen molar-refractivity contribution in [3.63, 3.8) is 0 Å². The fourth-order valence-corrected chi connectivity index (χ4v) is 2.38. The number of benzene rings is 1. The lowest BCUT2D eigenvalue weighted by Crippen LogP contribution is -2.87. The summed E-state index contributed by atoms with van der Waals surface area (Å²) in [5, 5.41) is 2.49. The maximum Gasteiger partial charge on any atom is 0.119 e. The highest BCUT2D eigenvalue weighted by Crippen LogP contribution is 2.15. The fourth-order valence-electron chi connectivity index (χ4n) is 2.38. The Labute approximate surface area is 98.0 Å². The van der Waals surface area contributed by atoms with Gasteiger partial charge < -0.3 is 10.1 Å². The van der Waals surface area contributed by atoms with Gasteiger partial charge in [0, 0.05) is 5.56 Å². The molecule has 88 valence electrons. The highest BCUT2D eigenvalue weighted by Gasteiger charge is 2.17. The molecular formula is C14H22NO+. The first kappa shape index (κ1) is 11.5. The van der Waals surface area contributed by atoms with Gasteiger partial charge in [0.1, 0.15) is 12.3 Å². The van der Waals surface area contributed by atoms with Gasteiger partial charge in [0.2, 0.25) is 0 Å². The number of nitrogens with two attached hydrogens (primary N) is 1. The lowest BCUT2D eigenvalue weighted by Gasteiger charge is -2.09. The highest BCUT2D eigenvalue weighted by molar-refractivity contribution is 5.26. The Kier molecular flexibility index (Phi) is 4.23. The Balaban J connectivity index is 1.80. The summed E-state index contributed by atoms with van der Waals surface area (Å²) in [6.07, 6.45) is 5.64. The first-order valence-electron chi connectivity index (χ1n) is 6.43. The fraction of sp³-hybridized carbons (Fsp3) is 0.571. The van der Waals surface area contributed by atoms with Crippen LogP contribution in [-0.4, -0.2) is 12.6 Å². The Morgan fingerprint density at radius 3 is 2.50 bits per heavy atom. The zero-order valence-electron chi connectivity index (χ0n) is 10.1. The summed E-state index contributed by atoms with van der Waals surface area (Å²) >= 11 is 0. The minimum Gasteiger partial charge on any atom is -0.494 e. The first-order chi connectivity index (χ1) is 7.88. The second-order valence-corrected chi connectivity index (χ2v) is 4.56. The second-order valence-electron chi connectivity index (χ2n) is 4.56. The topological polar surface area (TPSA) is 25.8 Å². The third kappa shape index (κ3) is 3.24.